The number of nitriles is 1. The van der Waals surface area contributed by atoms with Crippen molar-refractivity contribution in [2.45, 2.75) is 45.3 Å². The fourth-order valence-corrected chi connectivity index (χ4v) is 4.56. The summed E-state index contributed by atoms with van der Waals surface area (Å²) in [5.74, 6) is -0.415. The van der Waals surface area contributed by atoms with E-state index in [2.05, 4.69) is 11.0 Å². The zero-order valence-electron chi connectivity index (χ0n) is 21.2. The van der Waals surface area contributed by atoms with Gasteiger partial charge in [-0.05, 0) is 99.6 Å². The Balaban J connectivity index is 1.81. The van der Waals surface area contributed by atoms with E-state index < -0.39 is 11.6 Å². The van der Waals surface area contributed by atoms with Crippen molar-refractivity contribution in [3.05, 3.63) is 59.2 Å². The van der Waals surface area contributed by atoms with Crippen LogP contribution in [0.4, 0.5) is 0 Å². The maximum Gasteiger partial charge on any atom is 0.337 e. The molecule has 1 aliphatic heterocycles. The molecule has 1 aliphatic rings. The quantitative estimate of drug-likeness (QED) is 0.531. The van der Waals surface area contributed by atoms with Crippen molar-refractivity contribution in [2.24, 2.45) is 5.92 Å². The zero-order chi connectivity index (χ0) is 25.6. The predicted molar refractivity (Wildman–Crippen MR) is 133 cm³/mol. The van der Waals surface area contributed by atoms with Crippen LogP contribution < -0.4 is 0 Å². The third-order valence-corrected chi connectivity index (χ3v) is 6.12. The number of ether oxygens (including phenoxy) is 3. The number of methoxy groups -OCH3 is 2. The molecular formula is C28H34N2O5. The van der Waals surface area contributed by atoms with E-state index in [4.69, 9.17) is 14.2 Å². The lowest BCUT2D eigenvalue weighted by Crippen LogP contribution is -2.41. The second kappa shape index (κ2) is 11.5. The lowest BCUT2D eigenvalue weighted by atomic mass is 9.85. The summed E-state index contributed by atoms with van der Waals surface area (Å²) in [5, 5.41) is 9.30. The van der Waals surface area contributed by atoms with Gasteiger partial charge in [0.15, 0.2) is 0 Å². The summed E-state index contributed by atoms with van der Waals surface area (Å²) in [6, 6.07) is 15.1. The average molecular weight is 479 g/mol. The van der Waals surface area contributed by atoms with Crippen molar-refractivity contribution in [3.63, 3.8) is 0 Å². The molecule has 0 radical (unpaired) electrons. The highest BCUT2D eigenvalue weighted by molar-refractivity contribution is 5.91. The van der Waals surface area contributed by atoms with Gasteiger partial charge in [-0.2, -0.15) is 5.26 Å². The molecule has 0 saturated carbocycles. The molecule has 0 N–H and O–H groups in total. The van der Waals surface area contributed by atoms with Crippen LogP contribution in [-0.2, 0) is 19.0 Å². The number of carbonyl (C=O) groups is 2. The Morgan fingerprint density at radius 1 is 1.09 bits per heavy atom. The van der Waals surface area contributed by atoms with Crippen molar-refractivity contribution in [2.75, 3.05) is 33.9 Å². The number of hydrogen-bond donors (Lipinski definition) is 0. The van der Waals surface area contributed by atoms with Crippen molar-refractivity contribution in [1.29, 1.82) is 5.26 Å². The molecule has 0 bridgehead atoms. The van der Waals surface area contributed by atoms with Gasteiger partial charge in [0.25, 0.3) is 0 Å². The molecule has 1 saturated heterocycles. The molecule has 2 aromatic carbocycles. The number of rotatable bonds is 7. The second-order valence-electron chi connectivity index (χ2n) is 9.88. The van der Waals surface area contributed by atoms with Crippen LogP contribution in [0, 0.1) is 17.2 Å². The van der Waals surface area contributed by atoms with Crippen LogP contribution in [0.1, 0.15) is 61.2 Å². The molecule has 1 atom stereocenters. The highest BCUT2D eigenvalue weighted by atomic mass is 16.6. The molecule has 3 rings (SSSR count). The third-order valence-electron chi connectivity index (χ3n) is 6.12. The molecule has 2 aromatic rings. The zero-order valence-corrected chi connectivity index (χ0v) is 21.2. The van der Waals surface area contributed by atoms with E-state index in [1.165, 1.54) is 7.11 Å². The van der Waals surface area contributed by atoms with Gasteiger partial charge >= 0.3 is 11.9 Å². The number of likely N-dealkylation sites (tertiary alicyclic amines) is 1. The molecular weight excluding hydrogens is 444 g/mol. The van der Waals surface area contributed by atoms with Crippen LogP contribution in [-0.4, -0.2) is 56.3 Å². The number of piperidine rings is 1. The summed E-state index contributed by atoms with van der Waals surface area (Å²) in [4.78, 5) is 26.8. The summed E-state index contributed by atoms with van der Waals surface area (Å²) in [5.41, 5.74) is 3.05. The molecule has 7 heteroatoms. The third kappa shape index (κ3) is 7.14. The summed E-state index contributed by atoms with van der Waals surface area (Å²) in [7, 11) is 3.04. The maximum absolute atomic E-state index is 12.4. The smallest absolute Gasteiger partial charge is 0.337 e. The minimum absolute atomic E-state index is 0.214. The molecule has 0 spiro atoms. The Hall–Kier alpha value is -3.21. The SMILES string of the molecule is COC(=O)c1cc(-c2cccc(C#N)c2)cc(C(OC)C2CCN(CC(=O)OC(C)(C)C)CC2)c1. The number of carbonyl (C=O) groups excluding carboxylic acids is 2. The fourth-order valence-electron chi connectivity index (χ4n) is 4.56. The van der Waals surface area contributed by atoms with E-state index in [0.717, 1.165) is 42.6 Å². The van der Waals surface area contributed by atoms with E-state index in [1.54, 1.807) is 25.3 Å². The minimum Gasteiger partial charge on any atom is -0.465 e. The van der Waals surface area contributed by atoms with Gasteiger partial charge in [-0.15, -0.1) is 0 Å². The highest BCUT2D eigenvalue weighted by Gasteiger charge is 2.30. The second-order valence-corrected chi connectivity index (χ2v) is 9.88. The summed E-state index contributed by atoms with van der Waals surface area (Å²) >= 11 is 0. The molecule has 7 nitrogen and oxygen atoms in total. The van der Waals surface area contributed by atoms with Gasteiger partial charge in [-0.3, -0.25) is 9.69 Å². The number of nitrogens with zero attached hydrogens (tertiary/aromatic N) is 2. The number of hydrogen-bond acceptors (Lipinski definition) is 7. The van der Waals surface area contributed by atoms with Gasteiger partial charge in [-0.25, -0.2) is 4.79 Å². The van der Waals surface area contributed by atoms with Crippen molar-refractivity contribution in [1.82, 2.24) is 4.90 Å². The van der Waals surface area contributed by atoms with E-state index >= 15 is 0 Å². The van der Waals surface area contributed by atoms with Crippen LogP contribution >= 0.6 is 0 Å². The molecule has 1 unspecified atom stereocenters. The van der Waals surface area contributed by atoms with Gasteiger partial charge in [0.1, 0.15) is 5.60 Å². The van der Waals surface area contributed by atoms with Crippen molar-refractivity contribution in [3.8, 4) is 17.2 Å². The van der Waals surface area contributed by atoms with Crippen LogP contribution in [0.5, 0.6) is 0 Å². The molecule has 0 aromatic heterocycles. The largest absolute Gasteiger partial charge is 0.465 e. The summed E-state index contributed by atoms with van der Waals surface area (Å²) in [6.45, 7) is 7.41. The molecule has 186 valence electrons. The van der Waals surface area contributed by atoms with Crippen LogP contribution in [0.15, 0.2) is 42.5 Å². The number of benzene rings is 2. The first-order chi connectivity index (χ1) is 16.6. The average Bonchev–Trinajstić information content (AvgIpc) is 2.83. The first kappa shape index (κ1) is 26.4. The molecule has 0 amide bonds. The molecule has 0 aliphatic carbocycles. The van der Waals surface area contributed by atoms with Gasteiger partial charge in [0.05, 0.1) is 37.0 Å². The molecule has 1 fully saturated rings. The standard InChI is InChI=1S/C28H34N2O5/c1-28(2,3)35-25(31)18-30-11-9-20(10-12-30)26(33-4)23-14-22(15-24(16-23)27(32)34-5)21-8-6-7-19(13-21)17-29/h6-8,13-16,20,26H,9-12,18H2,1-5H3. The normalized spacial score (nSPS) is 15.8. The van der Waals surface area contributed by atoms with Crippen LogP contribution in [0.3, 0.4) is 0 Å². The molecule has 35 heavy (non-hydrogen) atoms. The first-order valence-corrected chi connectivity index (χ1v) is 11.8. The maximum atomic E-state index is 12.4. The Labute approximate surface area is 207 Å². The van der Waals surface area contributed by atoms with Gasteiger partial charge in [0.2, 0.25) is 0 Å². The Bertz CT molecular complexity index is 1090. The Morgan fingerprint density at radius 2 is 1.80 bits per heavy atom. The predicted octanol–water partition coefficient (Wildman–Crippen LogP) is 4.75. The van der Waals surface area contributed by atoms with Crippen molar-refractivity contribution < 1.29 is 23.8 Å². The summed E-state index contributed by atoms with van der Waals surface area (Å²) in [6.07, 6.45) is 1.48. The van der Waals surface area contributed by atoms with Crippen molar-refractivity contribution >= 4 is 11.9 Å². The Morgan fingerprint density at radius 3 is 2.40 bits per heavy atom. The lowest BCUT2D eigenvalue weighted by molar-refractivity contribution is -0.156. The fraction of sp³-hybridized carbons (Fsp3) is 0.464. The number of esters is 2. The topological polar surface area (TPSA) is 88.9 Å². The van der Waals surface area contributed by atoms with E-state index in [-0.39, 0.29) is 24.5 Å². The molecule has 1 heterocycles. The monoisotopic (exact) mass is 478 g/mol. The van der Waals surface area contributed by atoms with Crippen LogP contribution in [0.25, 0.3) is 11.1 Å². The summed E-state index contributed by atoms with van der Waals surface area (Å²) < 4.78 is 16.4. The lowest BCUT2D eigenvalue weighted by Gasteiger charge is -2.35. The van der Waals surface area contributed by atoms with Gasteiger partial charge in [0, 0.05) is 7.11 Å². The minimum atomic E-state index is -0.494. The highest BCUT2D eigenvalue weighted by Crippen LogP contribution is 2.36. The van der Waals surface area contributed by atoms with Gasteiger partial charge in [-0.1, -0.05) is 12.1 Å². The Kier molecular flexibility index (Phi) is 8.66. The van der Waals surface area contributed by atoms with E-state index in [0.29, 0.717) is 11.1 Å². The first-order valence-electron chi connectivity index (χ1n) is 11.8. The van der Waals surface area contributed by atoms with E-state index in [9.17, 15) is 14.9 Å². The van der Waals surface area contributed by atoms with Gasteiger partial charge < -0.3 is 14.2 Å². The van der Waals surface area contributed by atoms with E-state index in [1.807, 2.05) is 45.0 Å². The van der Waals surface area contributed by atoms with Crippen LogP contribution in [0.2, 0.25) is 0 Å².